The summed E-state index contributed by atoms with van der Waals surface area (Å²) in [5, 5.41) is 12.0. The van der Waals surface area contributed by atoms with E-state index in [-0.39, 0.29) is 11.7 Å². The molecule has 0 saturated carbocycles. The average molecular weight is 543 g/mol. The average Bonchev–Trinajstić information content (AvgIpc) is 3.28. The van der Waals surface area contributed by atoms with Crippen LogP contribution in [0, 0.1) is 11.6 Å². The Balaban J connectivity index is 1.52. The first kappa shape index (κ1) is 27.4. The van der Waals surface area contributed by atoms with Gasteiger partial charge in [0.05, 0.1) is 18.9 Å². The molecule has 0 atom stereocenters. The zero-order chi connectivity index (χ0) is 27.4. The third-order valence-corrected chi connectivity index (χ3v) is 7.17. The van der Waals surface area contributed by atoms with Gasteiger partial charge in [-0.15, -0.1) is 11.3 Å². The highest BCUT2D eigenvalue weighted by atomic mass is 32.1. The molecule has 38 heavy (non-hydrogen) atoms. The number of hydrogen-bond acceptors (Lipinski definition) is 6. The normalized spacial score (nSPS) is 12.7. The van der Waals surface area contributed by atoms with Crippen molar-refractivity contribution in [2.45, 2.75) is 45.6 Å². The van der Waals surface area contributed by atoms with Crippen LogP contribution in [0.5, 0.6) is 0 Å². The van der Waals surface area contributed by atoms with E-state index >= 15 is 0 Å². The number of ether oxygens (including phenoxy) is 2. The number of aromatic nitrogens is 1. The van der Waals surface area contributed by atoms with Gasteiger partial charge in [-0.2, -0.15) is 0 Å². The van der Waals surface area contributed by atoms with Gasteiger partial charge in [0.15, 0.2) is 5.13 Å². The number of thiazole rings is 1. The van der Waals surface area contributed by atoms with Gasteiger partial charge in [-0.05, 0) is 62.8 Å². The highest BCUT2D eigenvalue weighted by Crippen LogP contribution is 2.39. The van der Waals surface area contributed by atoms with Crippen LogP contribution in [0.1, 0.15) is 52.2 Å². The number of carboxylic acid groups (broad SMARTS) is 1. The largest absolute Gasteiger partial charge is 0.490 e. The van der Waals surface area contributed by atoms with Crippen molar-refractivity contribution in [1.82, 2.24) is 4.98 Å². The van der Waals surface area contributed by atoms with Gasteiger partial charge in [0.25, 0.3) is 5.91 Å². The van der Waals surface area contributed by atoms with Gasteiger partial charge in [-0.25, -0.2) is 18.6 Å². The standard InChI is InChI=1S/C28H28F2N2O5S/c1-15(2)37-11-5-7-16-6-4-8-19-18(16)9-10-24-25(19)31-28(38-24)32-26(33)17-12-21(29)20(22(30)13-17)14-23(36-3)27(34)35/h4,6,8,12-15H,5,7,9-11H2,1-3H3,(H,34,35)(H,31,32,33)/b23-14+. The number of hydrogen-bond donors (Lipinski definition) is 2. The minimum atomic E-state index is -1.48. The van der Waals surface area contributed by atoms with E-state index in [0.29, 0.717) is 11.7 Å². The van der Waals surface area contributed by atoms with Crippen molar-refractivity contribution in [3.8, 4) is 11.3 Å². The lowest BCUT2D eigenvalue weighted by Gasteiger charge is -2.19. The monoisotopic (exact) mass is 542 g/mol. The molecule has 1 amide bonds. The van der Waals surface area contributed by atoms with Crippen LogP contribution in [0.25, 0.3) is 17.3 Å². The lowest BCUT2D eigenvalue weighted by Crippen LogP contribution is -2.13. The fourth-order valence-electron chi connectivity index (χ4n) is 4.35. The molecule has 3 aromatic rings. The first-order valence-electron chi connectivity index (χ1n) is 12.2. The van der Waals surface area contributed by atoms with Crippen molar-refractivity contribution in [3.05, 3.63) is 74.9 Å². The molecule has 0 fully saturated rings. The number of amides is 1. The molecule has 4 rings (SSSR count). The van der Waals surface area contributed by atoms with Gasteiger partial charge in [0, 0.05) is 34.3 Å². The number of anilines is 1. The second-order valence-electron chi connectivity index (χ2n) is 9.08. The van der Waals surface area contributed by atoms with Gasteiger partial charge in [0.2, 0.25) is 5.76 Å². The van der Waals surface area contributed by atoms with Gasteiger partial charge >= 0.3 is 5.97 Å². The molecule has 10 heteroatoms. The Bertz CT molecular complexity index is 1380. The van der Waals surface area contributed by atoms with E-state index in [1.54, 1.807) is 0 Å². The van der Waals surface area contributed by atoms with Crippen LogP contribution < -0.4 is 5.32 Å². The second kappa shape index (κ2) is 11.8. The Morgan fingerprint density at radius 3 is 2.61 bits per heavy atom. The van der Waals surface area contributed by atoms with E-state index in [0.717, 1.165) is 67.1 Å². The molecule has 1 aromatic heterocycles. The molecule has 0 bridgehead atoms. The Morgan fingerprint density at radius 2 is 1.95 bits per heavy atom. The van der Waals surface area contributed by atoms with E-state index < -0.39 is 34.8 Å². The number of nitrogens with zero attached hydrogens (tertiary/aromatic N) is 1. The van der Waals surface area contributed by atoms with E-state index in [4.69, 9.17) is 9.84 Å². The summed E-state index contributed by atoms with van der Waals surface area (Å²) >= 11 is 1.34. The Labute approximate surface area is 223 Å². The number of methoxy groups -OCH3 is 1. The lowest BCUT2D eigenvalue weighted by molar-refractivity contribution is -0.135. The highest BCUT2D eigenvalue weighted by molar-refractivity contribution is 7.16. The quantitative estimate of drug-likeness (QED) is 0.189. The number of carbonyl (C=O) groups is 2. The molecule has 2 N–H and O–H groups in total. The Kier molecular flexibility index (Phi) is 8.53. The molecule has 1 aliphatic rings. The number of rotatable bonds is 10. The molecule has 0 saturated heterocycles. The number of aliphatic carboxylic acids is 1. The summed E-state index contributed by atoms with van der Waals surface area (Å²) in [6, 6.07) is 7.84. The maximum atomic E-state index is 14.6. The number of aryl methyl sites for hydroxylation is 2. The zero-order valence-electron chi connectivity index (χ0n) is 21.3. The molecule has 0 radical (unpaired) electrons. The number of benzene rings is 2. The van der Waals surface area contributed by atoms with Crippen molar-refractivity contribution < 1.29 is 33.0 Å². The third-order valence-electron chi connectivity index (χ3n) is 6.14. The molecule has 1 aliphatic carbocycles. The molecule has 0 aliphatic heterocycles. The van der Waals surface area contributed by atoms with Crippen molar-refractivity contribution in [1.29, 1.82) is 0 Å². The molecule has 0 unspecified atom stereocenters. The fourth-order valence-corrected chi connectivity index (χ4v) is 5.32. The maximum absolute atomic E-state index is 14.6. The summed E-state index contributed by atoms with van der Waals surface area (Å²) in [7, 11) is 1.08. The summed E-state index contributed by atoms with van der Waals surface area (Å²) in [5.74, 6) is -5.03. The molecular formula is C28H28F2N2O5S. The molecule has 2 aromatic carbocycles. The van der Waals surface area contributed by atoms with Crippen LogP contribution in [0.2, 0.25) is 0 Å². The fraction of sp³-hybridized carbons (Fsp3) is 0.321. The number of nitrogens with one attached hydrogen (secondary N) is 1. The number of fused-ring (bicyclic) bond motifs is 3. The molecular weight excluding hydrogens is 514 g/mol. The molecule has 7 nitrogen and oxygen atoms in total. The summed E-state index contributed by atoms with van der Waals surface area (Å²) in [4.78, 5) is 29.6. The van der Waals surface area contributed by atoms with Crippen LogP contribution in [0.15, 0.2) is 36.1 Å². The maximum Gasteiger partial charge on any atom is 0.371 e. The van der Waals surface area contributed by atoms with Gasteiger partial charge in [-0.3, -0.25) is 10.1 Å². The van der Waals surface area contributed by atoms with Crippen LogP contribution in [0.3, 0.4) is 0 Å². The van der Waals surface area contributed by atoms with Crippen molar-refractivity contribution in [3.63, 3.8) is 0 Å². The SMILES string of the molecule is CO/C(=C/c1c(F)cc(C(=O)Nc2nc3c(s2)CCc2c(CCCOC(C)C)cccc2-3)cc1F)C(=O)O. The smallest absolute Gasteiger partial charge is 0.371 e. The summed E-state index contributed by atoms with van der Waals surface area (Å²) in [6.07, 6.45) is 4.40. The molecule has 1 heterocycles. The van der Waals surface area contributed by atoms with Crippen LogP contribution in [-0.4, -0.2) is 41.8 Å². The Hall–Kier alpha value is -3.63. The minimum Gasteiger partial charge on any atom is -0.490 e. The predicted octanol–water partition coefficient (Wildman–Crippen LogP) is 5.87. The van der Waals surface area contributed by atoms with Gasteiger partial charge < -0.3 is 14.6 Å². The van der Waals surface area contributed by atoms with Crippen LogP contribution in [0.4, 0.5) is 13.9 Å². The number of carboxylic acids is 1. The summed E-state index contributed by atoms with van der Waals surface area (Å²) < 4.78 is 39.4. The van der Waals surface area contributed by atoms with Gasteiger partial charge in [0.1, 0.15) is 11.6 Å². The van der Waals surface area contributed by atoms with E-state index in [1.165, 1.54) is 22.5 Å². The lowest BCUT2D eigenvalue weighted by atomic mass is 9.88. The topological polar surface area (TPSA) is 97.8 Å². The van der Waals surface area contributed by atoms with Crippen LogP contribution in [-0.2, 0) is 33.5 Å². The molecule has 0 spiro atoms. The van der Waals surface area contributed by atoms with E-state index in [2.05, 4.69) is 21.1 Å². The minimum absolute atomic E-state index is 0.203. The highest BCUT2D eigenvalue weighted by Gasteiger charge is 2.24. The first-order valence-corrected chi connectivity index (χ1v) is 13.0. The van der Waals surface area contributed by atoms with Crippen molar-refractivity contribution in [2.24, 2.45) is 0 Å². The predicted molar refractivity (Wildman–Crippen MR) is 141 cm³/mol. The third kappa shape index (κ3) is 6.08. The first-order chi connectivity index (χ1) is 18.2. The van der Waals surface area contributed by atoms with E-state index in [9.17, 15) is 18.4 Å². The van der Waals surface area contributed by atoms with Crippen molar-refractivity contribution in [2.75, 3.05) is 19.0 Å². The summed E-state index contributed by atoms with van der Waals surface area (Å²) in [6.45, 7) is 4.73. The number of halogens is 2. The number of carbonyl (C=O) groups excluding carboxylic acids is 1. The van der Waals surface area contributed by atoms with Crippen LogP contribution >= 0.6 is 11.3 Å². The zero-order valence-corrected chi connectivity index (χ0v) is 22.1. The Morgan fingerprint density at radius 1 is 1.21 bits per heavy atom. The van der Waals surface area contributed by atoms with Gasteiger partial charge in [-0.1, -0.05) is 18.2 Å². The summed E-state index contributed by atoms with van der Waals surface area (Å²) in [5.41, 5.74) is 3.48. The second-order valence-corrected chi connectivity index (χ2v) is 10.2. The van der Waals surface area contributed by atoms with Crippen molar-refractivity contribution >= 4 is 34.4 Å². The van der Waals surface area contributed by atoms with E-state index in [1.807, 2.05) is 26.0 Å². The molecule has 200 valence electrons.